The summed E-state index contributed by atoms with van der Waals surface area (Å²) in [5.74, 6) is 0.537. The van der Waals surface area contributed by atoms with Crippen molar-refractivity contribution in [1.82, 2.24) is 5.32 Å². The van der Waals surface area contributed by atoms with E-state index < -0.39 is 18.5 Å². The van der Waals surface area contributed by atoms with Crippen molar-refractivity contribution in [2.45, 2.75) is 19.9 Å². The molecule has 0 spiro atoms. The maximum atomic E-state index is 12.6. The van der Waals surface area contributed by atoms with Gasteiger partial charge in [-0.05, 0) is 55.5 Å². The van der Waals surface area contributed by atoms with Crippen LogP contribution in [-0.4, -0.2) is 44.7 Å². The van der Waals surface area contributed by atoms with Crippen molar-refractivity contribution < 1.29 is 33.0 Å². The topological polar surface area (TPSA) is 107 Å². The molecule has 35 heavy (non-hydrogen) atoms. The van der Waals surface area contributed by atoms with Gasteiger partial charge >= 0.3 is 5.97 Å². The zero-order chi connectivity index (χ0) is 25.0. The number of hydrogen-bond donors (Lipinski definition) is 1. The van der Waals surface area contributed by atoms with Crippen LogP contribution in [0.15, 0.2) is 71.3 Å². The molecule has 0 atom stereocenters. The molecule has 3 rings (SSSR count). The highest BCUT2D eigenvalue weighted by Gasteiger charge is 2.19. The smallest absolute Gasteiger partial charge is 0.309 e. The number of para-hydroxylation sites is 1. The minimum Gasteiger partial charge on any atom is -0.494 e. The van der Waals surface area contributed by atoms with Gasteiger partial charge in [0.25, 0.3) is 11.8 Å². The van der Waals surface area contributed by atoms with Crippen LogP contribution in [0.25, 0.3) is 0 Å². The van der Waals surface area contributed by atoms with E-state index in [1.807, 2.05) is 6.92 Å². The molecule has 9 heteroatoms. The third kappa shape index (κ3) is 7.63. The molecule has 0 radical (unpaired) electrons. The first-order valence-corrected chi connectivity index (χ1v) is 11.2. The Balaban J connectivity index is 1.45. The van der Waals surface area contributed by atoms with E-state index in [2.05, 4.69) is 5.32 Å². The third-order valence-corrected chi connectivity index (χ3v) is 4.95. The summed E-state index contributed by atoms with van der Waals surface area (Å²) in [4.78, 5) is 38.6. The van der Waals surface area contributed by atoms with E-state index in [4.69, 9.17) is 18.6 Å². The van der Waals surface area contributed by atoms with Gasteiger partial charge in [0.2, 0.25) is 0 Å². The lowest BCUT2D eigenvalue weighted by atomic mass is 10.1. The minimum atomic E-state index is -0.567. The van der Waals surface area contributed by atoms with Crippen LogP contribution < -0.4 is 19.7 Å². The predicted molar refractivity (Wildman–Crippen MR) is 128 cm³/mol. The molecule has 0 saturated carbocycles. The Bertz CT molecular complexity index is 1110. The summed E-state index contributed by atoms with van der Waals surface area (Å²) in [6, 6.07) is 17.2. The highest BCUT2D eigenvalue weighted by atomic mass is 16.5. The number of benzene rings is 2. The van der Waals surface area contributed by atoms with Crippen LogP contribution in [0.4, 0.5) is 5.69 Å². The third-order valence-electron chi connectivity index (χ3n) is 4.95. The number of esters is 1. The fourth-order valence-corrected chi connectivity index (χ4v) is 3.13. The van der Waals surface area contributed by atoms with Crippen molar-refractivity contribution in [3.8, 4) is 11.5 Å². The van der Waals surface area contributed by atoms with E-state index in [9.17, 15) is 14.4 Å². The number of hydrogen-bond acceptors (Lipinski definition) is 7. The second-order valence-electron chi connectivity index (χ2n) is 7.40. The van der Waals surface area contributed by atoms with Crippen LogP contribution in [0.3, 0.4) is 0 Å². The summed E-state index contributed by atoms with van der Waals surface area (Å²) in [6.07, 6.45) is 1.51. The summed E-state index contributed by atoms with van der Waals surface area (Å²) >= 11 is 0. The monoisotopic (exact) mass is 480 g/mol. The standard InChI is InChI=1S/C26H28N2O7/c1-3-32-19-10-12-20(13-11-19)34-16-14-25(30)35-18-24(29)28(2)23-9-5-4-8-22(23)26(31)27-17-21-7-6-15-33-21/h4-13,15H,3,14,16-18H2,1-2H3,(H,27,31). The van der Waals surface area contributed by atoms with Gasteiger partial charge in [0.1, 0.15) is 17.3 Å². The molecule has 1 N–H and O–H groups in total. The molecular formula is C26H28N2O7. The molecule has 0 aliphatic heterocycles. The summed E-state index contributed by atoms with van der Waals surface area (Å²) in [6.45, 7) is 2.34. The molecule has 9 nitrogen and oxygen atoms in total. The number of rotatable bonds is 12. The number of carbonyl (C=O) groups excluding carboxylic acids is 3. The van der Waals surface area contributed by atoms with Gasteiger partial charge in [-0.3, -0.25) is 14.4 Å². The van der Waals surface area contributed by atoms with Gasteiger partial charge < -0.3 is 28.8 Å². The van der Waals surface area contributed by atoms with Crippen molar-refractivity contribution in [1.29, 1.82) is 0 Å². The molecule has 0 aliphatic carbocycles. The highest BCUT2D eigenvalue weighted by molar-refractivity contribution is 6.05. The molecule has 0 saturated heterocycles. The molecule has 0 unspecified atom stereocenters. The van der Waals surface area contributed by atoms with Crippen LogP contribution in [0.1, 0.15) is 29.5 Å². The molecule has 1 heterocycles. The number of ether oxygens (including phenoxy) is 3. The number of amides is 2. The molecule has 1 aromatic heterocycles. The van der Waals surface area contributed by atoms with Gasteiger partial charge in [0.05, 0.1) is 43.7 Å². The molecule has 2 aromatic carbocycles. The molecular weight excluding hydrogens is 452 g/mol. The van der Waals surface area contributed by atoms with Crippen molar-refractivity contribution >= 4 is 23.5 Å². The van der Waals surface area contributed by atoms with Crippen molar-refractivity contribution in [3.63, 3.8) is 0 Å². The maximum absolute atomic E-state index is 12.6. The van der Waals surface area contributed by atoms with Gasteiger partial charge in [-0.1, -0.05) is 12.1 Å². The zero-order valence-corrected chi connectivity index (χ0v) is 19.7. The number of nitrogens with zero attached hydrogens (tertiary/aromatic N) is 1. The summed E-state index contributed by atoms with van der Waals surface area (Å²) in [5.41, 5.74) is 0.703. The van der Waals surface area contributed by atoms with Gasteiger partial charge in [-0.25, -0.2) is 0 Å². The van der Waals surface area contributed by atoms with Gasteiger partial charge in [0, 0.05) is 7.05 Å². The highest BCUT2D eigenvalue weighted by Crippen LogP contribution is 2.20. The number of furan rings is 1. The quantitative estimate of drug-likeness (QED) is 0.395. The molecule has 184 valence electrons. The zero-order valence-electron chi connectivity index (χ0n) is 19.7. The van der Waals surface area contributed by atoms with Crippen LogP contribution in [0, 0.1) is 0 Å². The lowest BCUT2D eigenvalue weighted by Gasteiger charge is -2.20. The van der Waals surface area contributed by atoms with E-state index in [0.29, 0.717) is 29.4 Å². The summed E-state index contributed by atoms with van der Waals surface area (Å²) < 4.78 is 21.2. The molecule has 2 amide bonds. The van der Waals surface area contributed by atoms with Crippen LogP contribution in [0.5, 0.6) is 11.5 Å². The lowest BCUT2D eigenvalue weighted by Crippen LogP contribution is -2.33. The van der Waals surface area contributed by atoms with E-state index in [1.165, 1.54) is 18.2 Å². The Hall–Kier alpha value is -4.27. The maximum Gasteiger partial charge on any atom is 0.309 e. The first-order chi connectivity index (χ1) is 17.0. The van der Waals surface area contributed by atoms with Crippen LogP contribution in [-0.2, 0) is 20.9 Å². The van der Waals surface area contributed by atoms with Gasteiger partial charge in [-0.2, -0.15) is 0 Å². The number of carbonyl (C=O) groups is 3. The average Bonchev–Trinajstić information content (AvgIpc) is 3.40. The van der Waals surface area contributed by atoms with Crippen molar-refractivity contribution in [3.05, 3.63) is 78.3 Å². The van der Waals surface area contributed by atoms with Crippen molar-refractivity contribution in [2.24, 2.45) is 0 Å². The molecule has 0 bridgehead atoms. The van der Waals surface area contributed by atoms with E-state index >= 15 is 0 Å². The molecule has 0 aliphatic rings. The number of nitrogens with one attached hydrogen (secondary N) is 1. The normalized spacial score (nSPS) is 10.3. The SMILES string of the molecule is CCOc1ccc(OCCC(=O)OCC(=O)N(C)c2ccccc2C(=O)NCc2ccco2)cc1. The Morgan fingerprint density at radius 3 is 2.34 bits per heavy atom. The summed E-state index contributed by atoms with van der Waals surface area (Å²) in [7, 11) is 1.52. The fraction of sp³-hybridized carbons (Fsp3) is 0.269. The average molecular weight is 481 g/mol. The second kappa shape index (κ2) is 12.8. The fourth-order valence-electron chi connectivity index (χ4n) is 3.13. The second-order valence-corrected chi connectivity index (χ2v) is 7.40. The first kappa shape index (κ1) is 25.4. The molecule has 0 fully saturated rings. The number of anilines is 1. The van der Waals surface area contributed by atoms with E-state index in [0.717, 1.165) is 5.75 Å². The van der Waals surface area contributed by atoms with Crippen LogP contribution in [0.2, 0.25) is 0 Å². The Kier molecular flexibility index (Phi) is 9.30. The first-order valence-electron chi connectivity index (χ1n) is 11.2. The predicted octanol–water partition coefficient (Wildman–Crippen LogP) is 3.58. The Morgan fingerprint density at radius 2 is 1.66 bits per heavy atom. The van der Waals surface area contributed by atoms with E-state index in [-0.39, 0.29) is 25.5 Å². The van der Waals surface area contributed by atoms with Gasteiger partial charge in [-0.15, -0.1) is 0 Å². The van der Waals surface area contributed by atoms with E-state index in [1.54, 1.807) is 60.7 Å². The Morgan fingerprint density at radius 1 is 0.943 bits per heavy atom. The summed E-state index contributed by atoms with van der Waals surface area (Å²) in [5, 5.41) is 2.75. The van der Waals surface area contributed by atoms with Gasteiger partial charge in [0.15, 0.2) is 6.61 Å². The largest absolute Gasteiger partial charge is 0.494 e. The minimum absolute atomic E-state index is 0.0179. The van der Waals surface area contributed by atoms with Crippen LogP contribution >= 0.6 is 0 Å². The Labute approximate surface area is 203 Å². The lowest BCUT2D eigenvalue weighted by molar-refractivity contribution is -0.148. The number of likely N-dealkylation sites (N-methyl/N-ethyl adjacent to an activating group) is 1. The molecule has 3 aromatic rings. The van der Waals surface area contributed by atoms with Crippen molar-refractivity contribution in [2.75, 3.05) is 31.8 Å².